The Labute approximate surface area is 164 Å². The molecule has 0 fully saturated rings. The van der Waals surface area contributed by atoms with E-state index in [0.717, 1.165) is 12.8 Å². The molecule has 0 radical (unpaired) electrons. The predicted molar refractivity (Wildman–Crippen MR) is 114 cm³/mol. The molecule has 0 saturated carbocycles. The molecule has 0 amide bonds. The standard InChI is InChI=1S/C24H46O2/c1-4-5-6-7-8-9-10-11-12-13-14-15-16-17-18-19-20-21-24(25)26-22-23(2)3/h11-12,23H,4-10,13-22H2,1-3H3/b12-11-. The van der Waals surface area contributed by atoms with E-state index < -0.39 is 0 Å². The summed E-state index contributed by atoms with van der Waals surface area (Å²) in [6.07, 6.45) is 24.9. The lowest BCUT2D eigenvalue weighted by atomic mass is 10.1. The van der Waals surface area contributed by atoms with Crippen molar-refractivity contribution >= 4 is 5.97 Å². The van der Waals surface area contributed by atoms with E-state index in [1.165, 1.54) is 83.5 Å². The number of esters is 1. The van der Waals surface area contributed by atoms with Gasteiger partial charge in [0.1, 0.15) is 0 Å². The molecule has 154 valence electrons. The van der Waals surface area contributed by atoms with Crippen LogP contribution in [0.25, 0.3) is 0 Å². The first-order valence-corrected chi connectivity index (χ1v) is 11.5. The Hall–Kier alpha value is -0.790. The lowest BCUT2D eigenvalue weighted by molar-refractivity contribution is -0.144. The third kappa shape index (κ3) is 21.3. The van der Waals surface area contributed by atoms with Crippen LogP contribution in [0.1, 0.15) is 124 Å². The number of rotatable bonds is 19. The number of carbonyl (C=O) groups excluding carboxylic acids is 1. The SMILES string of the molecule is CCCCCCCC/C=C\CCCCCCCCCC(=O)OCC(C)C. The van der Waals surface area contributed by atoms with Crippen LogP contribution >= 0.6 is 0 Å². The molecule has 0 rings (SSSR count). The number of carbonyl (C=O) groups is 1. The molecule has 0 aliphatic heterocycles. The average molecular weight is 367 g/mol. The van der Waals surface area contributed by atoms with Gasteiger partial charge in [-0.05, 0) is 38.0 Å². The van der Waals surface area contributed by atoms with E-state index in [1.807, 2.05) is 0 Å². The molecule has 0 aromatic carbocycles. The highest BCUT2D eigenvalue weighted by atomic mass is 16.5. The van der Waals surface area contributed by atoms with Gasteiger partial charge < -0.3 is 4.74 Å². The van der Waals surface area contributed by atoms with Crippen LogP contribution in [0, 0.1) is 5.92 Å². The Morgan fingerprint density at radius 2 is 1.19 bits per heavy atom. The smallest absolute Gasteiger partial charge is 0.305 e. The van der Waals surface area contributed by atoms with Gasteiger partial charge in [-0.15, -0.1) is 0 Å². The van der Waals surface area contributed by atoms with Gasteiger partial charge in [0.15, 0.2) is 0 Å². The summed E-state index contributed by atoms with van der Waals surface area (Å²) in [5, 5.41) is 0. The van der Waals surface area contributed by atoms with Crippen LogP contribution in [0.3, 0.4) is 0 Å². The zero-order chi connectivity index (χ0) is 19.3. The zero-order valence-corrected chi connectivity index (χ0v) is 18.1. The van der Waals surface area contributed by atoms with Gasteiger partial charge in [0.05, 0.1) is 6.61 Å². The van der Waals surface area contributed by atoms with Crippen molar-refractivity contribution in [3.8, 4) is 0 Å². The van der Waals surface area contributed by atoms with Crippen molar-refractivity contribution in [3.05, 3.63) is 12.2 Å². The normalized spacial score (nSPS) is 11.5. The number of ether oxygens (including phenoxy) is 1. The summed E-state index contributed by atoms with van der Waals surface area (Å²) in [6.45, 7) is 6.97. The molecule has 2 nitrogen and oxygen atoms in total. The van der Waals surface area contributed by atoms with Crippen molar-refractivity contribution in [3.63, 3.8) is 0 Å². The first kappa shape index (κ1) is 25.2. The lowest BCUT2D eigenvalue weighted by Gasteiger charge is -2.06. The van der Waals surface area contributed by atoms with Crippen molar-refractivity contribution in [2.24, 2.45) is 5.92 Å². The van der Waals surface area contributed by atoms with Crippen molar-refractivity contribution < 1.29 is 9.53 Å². The second kappa shape index (κ2) is 20.5. The quantitative estimate of drug-likeness (QED) is 0.131. The molecular formula is C24H46O2. The summed E-state index contributed by atoms with van der Waals surface area (Å²) in [4.78, 5) is 11.5. The van der Waals surface area contributed by atoms with Crippen molar-refractivity contribution in [1.82, 2.24) is 0 Å². The van der Waals surface area contributed by atoms with Crippen LogP contribution in [-0.4, -0.2) is 12.6 Å². The van der Waals surface area contributed by atoms with Crippen molar-refractivity contribution in [2.45, 2.75) is 124 Å². The summed E-state index contributed by atoms with van der Waals surface area (Å²) in [7, 11) is 0. The minimum absolute atomic E-state index is 0.0218. The van der Waals surface area contributed by atoms with Gasteiger partial charge in [-0.2, -0.15) is 0 Å². The summed E-state index contributed by atoms with van der Waals surface area (Å²) >= 11 is 0. The van der Waals surface area contributed by atoms with E-state index in [2.05, 4.69) is 32.9 Å². The van der Waals surface area contributed by atoms with Crippen LogP contribution in [0.2, 0.25) is 0 Å². The molecule has 0 aliphatic rings. The Morgan fingerprint density at radius 1 is 0.731 bits per heavy atom. The van der Waals surface area contributed by atoms with Gasteiger partial charge in [-0.1, -0.05) is 97.1 Å². The Kier molecular flexibility index (Phi) is 19.9. The summed E-state index contributed by atoms with van der Waals surface area (Å²) in [6, 6.07) is 0. The Morgan fingerprint density at radius 3 is 1.69 bits per heavy atom. The predicted octanol–water partition coefficient (Wildman–Crippen LogP) is 8.00. The summed E-state index contributed by atoms with van der Waals surface area (Å²) in [5.41, 5.74) is 0. The van der Waals surface area contributed by atoms with Crippen LogP contribution in [0.4, 0.5) is 0 Å². The fraction of sp³-hybridized carbons (Fsp3) is 0.875. The molecule has 0 atom stereocenters. The monoisotopic (exact) mass is 366 g/mol. The van der Waals surface area contributed by atoms with Crippen LogP contribution in [0.5, 0.6) is 0 Å². The maximum absolute atomic E-state index is 11.5. The number of unbranched alkanes of at least 4 members (excludes halogenated alkanes) is 13. The van der Waals surface area contributed by atoms with E-state index in [-0.39, 0.29) is 5.97 Å². The average Bonchev–Trinajstić information content (AvgIpc) is 2.62. The first-order valence-electron chi connectivity index (χ1n) is 11.5. The highest BCUT2D eigenvalue weighted by molar-refractivity contribution is 5.69. The summed E-state index contributed by atoms with van der Waals surface area (Å²) in [5.74, 6) is 0.413. The van der Waals surface area contributed by atoms with Crippen LogP contribution in [-0.2, 0) is 9.53 Å². The highest BCUT2D eigenvalue weighted by Gasteiger charge is 2.03. The zero-order valence-electron chi connectivity index (χ0n) is 18.1. The van der Waals surface area contributed by atoms with Gasteiger partial charge in [0, 0.05) is 6.42 Å². The molecule has 0 aromatic heterocycles. The molecule has 0 N–H and O–H groups in total. The molecule has 2 heteroatoms. The fourth-order valence-electron chi connectivity index (χ4n) is 3.03. The van der Waals surface area contributed by atoms with Gasteiger partial charge in [-0.25, -0.2) is 0 Å². The fourth-order valence-corrected chi connectivity index (χ4v) is 3.03. The largest absolute Gasteiger partial charge is 0.465 e. The molecule has 0 heterocycles. The van der Waals surface area contributed by atoms with Crippen molar-refractivity contribution in [2.75, 3.05) is 6.61 Å². The van der Waals surface area contributed by atoms with Gasteiger partial charge in [-0.3, -0.25) is 4.79 Å². The van der Waals surface area contributed by atoms with Gasteiger partial charge in [0.2, 0.25) is 0 Å². The summed E-state index contributed by atoms with van der Waals surface area (Å²) < 4.78 is 5.19. The van der Waals surface area contributed by atoms with E-state index in [9.17, 15) is 4.79 Å². The molecule has 0 aromatic rings. The third-order valence-corrected chi connectivity index (χ3v) is 4.72. The molecule has 26 heavy (non-hydrogen) atoms. The van der Waals surface area contributed by atoms with Gasteiger partial charge >= 0.3 is 5.97 Å². The molecule has 0 spiro atoms. The van der Waals surface area contributed by atoms with E-state index in [1.54, 1.807) is 0 Å². The van der Waals surface area contributed by atoms with Gasteiger partial charge in [0.25, 0.3) is 0 Å². The number of allylic oxidation sites excluding steroid dienone is 2. The molecule has 0 unspecified atom stereocenters. The van der Waals surface area contributed by atoms with E-state index in [4.69, 9.17) is 4.74 Å². The van der Waals surface area contributed by atoms with E-state index >= 15 is 0 Å². The maximum Gasteiger partial charge on any atom is 0.305 e. The first-order chi connectivity index (χ1) is 12.7. The topological polar surface area (TPSA) is 26.3 Å². The van der Waals surface area contributed by atoms with Crippen LogP contribution in [0.15, 0.2) is 12.2 Å². The Bertz CT molecular complexity index is 320. The van der Waals surface area contributed by atoms with Crippen LogP contribution < -0.4 is 0 Å². The minimum Gasteiger partial charge on any atom is -0.465 e. The molecule has 0 saturated heterocycles. The number of hydrogen-bond acceptors (Lipinski definition) is 2. The second-order valence-corrected chi connectivity index (χ2v) is 8.12. The third-order valence-electron chi connectivity index (χ3n) is 4.72. The molecular weight excluding hydrogens is 320 g/mol. The second-order valence-electron chi connectivity index (χ2n) is 8.12. The minimum atomic E-state index is -0.0218. The lowest BCUT2D eigenvalue weighted by Crippen LogP contribution is -2.09. The van der Waals surface area contributed by atoms with Crippen molar-refractivity contribution in [1.29, 1.82) is 0 Å². The highest BCUT2D eigenvalue weighted by Crippen LogP contribution is 2.11. The molecule has 0 bridgehead atoms. The number of hydrogen-bond donors (Lipinski definition) is 0. The Balaban J connectivity index is 3.17. The molecule has 0 aliphatic carbocycles. The van der Waals surface area contributed by atoms with E-state index in [0.29, 0.717) is 18.9 Å². The maximum atomic E-state index is 11.5.